The minimum absolute atomic E-state index is 0.0809. The molecule has 0 saturated carbocycles. The van der Waals surface area contributed by atoms with E-state index in [1.165, 1.54) is 0 Å². The first-order chi connectivity index (χ1) is 13.8. The summed E-state index contributed by atoms with van der Waals surface area (Å²) in [6.07, 6.45) is 1.76. The molecule has 0 saturated heterocycles. The van der Waals surface area contributed by atoms with E-state index in [-0.39, 0.29) is 12.0 Å². The number of aliphatic imine (C=N–C) groups is 1. The number of halogens is 1. The van der Waals surface area contributed by atoms with Gasteiger partial charge in [0.1, 0.15) is 12.3 Å². The van der Waals surface area contributed by atoms with Crippen LogP contribution in [0.3, 0.4) is 0 Å². The van der Waals surface area contributed by atoms with Crippen molar-refractivity contribution >= 4 is 17.6 Å². The van der Waals surface area contributed by atoms with Crippen molar-refractivity contribution in [3.63, 3.8) is 0 Å². The molecule has 29 heavy (non-hydrogen) atoms. The first kappa shape index (κ1) is 20.9. The lowest BCUT2D eigenvalue weighted by Gasteiger charge is -2.13. The third-order valence-electron chi connectivity index (χ3n) is 3.97. The topological polar surface area (TPSA) is 101 Å². The molecule has 1 aromatic carbocycles. The molecule has 2 N–H and O–H groups in total. The second-order valence-corrected chi connectivity index (χ2v) is 7.88. The highest BCUT2D eigenvalue weighted by Crippen LogP contribution is 2.22. The summed E-state index contributed by atoms with van der Waals surface area (Å²) in [6, 6.07) is 7.29. The molecule has 2 aromatic heterocycles. The number of guanidine groups is 1. The van der Waals surface area contributed by atoms with Crippen LogP contribution in [-0.4, -0.2) is 27.6 Å². The standard InChI is InChI=1S/C20H25ClN6O2/c1-5-22-19(24-11-16-23-10-15(28-16)20(2,3)4)25-12-17-26-18(27-29-17)13-7-6-8-14(21)9-13/h6-10H,5,11-12H2,1-4H3,(H2,22,24,25). The molecule has 0 aliphatic carbocycles. The molecule has 0 spiro atoms. The Hall–Kier alpha value is -2.87. The smallest absolute Gasteiger partial charge is 0.248 e. The Bertz CT molecular complexity index is 973. The first-order valence-electron chi connectivity index (χ1n) is 9.41. The molecule has 9 heteroatoms. The maximum atomic E-state index is 6.01. The van der Waals surface area contributed by atoms with Gasteiger partial charge in [0.05, 0.1) is 12.7 Å². The summed E-state index contributed by atoms with van der Waals surface area (Å²) in [6.45, 7) is 9.60. The van der Waals surface area contributed by atoms with Gasteiger partial charge in [-0.3, -0.25) is 0 Å². The minimum Gasteiger partial charge on any atom is -0.443 e. The fourth-order valence-corrected chi connectivity index (χ4v) is 2.64. The van der Waals surface area contributed by atoms with E-state index in [4.69, 9.17) is 20.5 Å². The van der Waals surface area contributed by atoms with Crippen LogP contribution < -0.4 is 10.6 Å². The van der Waals surface area contributed by atoms with Crippen molar-refractivity contribution in [1.29, 1.82) is 0 Å². The van der Waals surface area contributed by atoms with Crippen LogP contribution in [0.5, 0.6) is 0 Å². The summed E-state index contributed by atoms with van der Waals surface area (Å²) in [5.41, 5.74) is 0.711. The number of nitrogens with one attached hydrogen (secondary N) is 2. The quantitative estimate of drug-likeness (QED) is 0.463. The van der Waals surface area contributed by atoms with Gasteiger partial charge in [-0.15, -0.1) is 0 Å². The Morgan fingerprint density at radius 3 is 2.72 bits per heavy atom. The zero-order valence-electron chi connectivity index (χ0n) is 17.0. The third-order valence-corrected chi connectivity index (χ3v) is 4.20. The van der Waals surface area contributed by atoms with Gasteiger partial charge < -0.3 is 19.6 Å². The molecule has 0 fully saturated rings. The van der Waals surface area contributed by atoms with Crippen molar-refractivity contribution in [1.82, 2.24) is 25.8 Å². The van der Waals surface area contributed by atoms with E-state index >= 15 is 0 Å². The summed E-state index contributed by atoms with van der Waals surface area (Å²) >= 11 is 6.01. The van der Waals surface area contributed by atoms with Crippen LogP contribution in [0, 0.1) is 0 Å². The fraction of sp³-hybridized carbons (Fsp3) is 0.400. The molecule has 154 valence electrons. The molecule has 0 atom stereocenters. The zero-order valence-corrected chi connectivity index (χ0v) is 17.7. The van der Waals surface area contributed by atoms with Gasteiger partial charge in [0, 0.05) is 22.5 Å². The van der Waals surface area contributed by atoms with Crippen molar-refractivity contribution in [3.8, 4) is 11.4 Å². The van der Waals surface area contributed by atoms with Crippen LogP contribution in [0.4, 0.5) is 0 Å². The predicted molar refractivity (Wildman–Crippen MR) is 112 cm³/mol. The van der Waals surface area contributed by atoms with Crippen LogP contribution in [-0.2, 0) is 18.5 Å². The lowest BCUT2D eigenvalue weighted by Crippen LogP contribution is -2.36. The molecule has 0 bridgehead atoms. The zero-order chi connectivity index (χ0) is 20.9. The van der Waals surface area contributed by atoms with Gasteiger partial charge in [-0.25, -0.2) is 9.98 Å². The van der Waals surface area contributed by atoms with Crippen LogP contribution in [0.2, 0.25) is 5.02 Å². The van der Waals surface area contributed by atoms with Gasteiger partial charge in [0.25, 0.3) is 0 Å². The summed E-state index contributed by atoms with van der Waals surface area (Å²) in [5, 5.41) is 11.0. The van der Waals surface area contributed by atoms with Gasteiger partial charge in [-0.2, -0.15) is 4.98 Å². The third kappa shape index (κ3) is 5.80. The van der Waals surface area contributed by atoms with E-state index in [9.17, 15) is 0 Å². The maximum Gasteiger partial charge on any atom is 0.248 e. The second-order valence-electron chi connectivity index (χ2n) is 7.44. The highest BCUT2D eigenvalue weighted by atomic mass is 35.5. The Labute approximate surface area is 174 Å². The number of nitrogens with zero attached hydrogens (tertiary/aromatic N) is 4. The summed E-state index contributed by atoms with van der Waals surface area (Å²) in [4.78, 5) is 13.2. The normalized spacial score (nSPS) is 12.2. The lowest BCUT2D eigenvalue weighted by molar-refractivity contribution is 0.378. The van der Waals surface area contributed by atoms with Gasteiger partial charge in [0.2, 0.25) is 17.6 Å². The van der Waals surface area contributed by atoms with Crippen molar-refractivity contribution in [2.24, 2.45) is 4.99 Å². The number of oxazole rings is 1. The highest BCUT2D eigenvalue weighted by molar-refractivity contribution is 6.30. The molecule has 3 rings (SSSR count). The molecular formula is C20H25ClN6O2. The molecular weight excluding hydrogens is 392 g/mol. The van der Waals surface area contributed by atoms with Gasteiger partial charge >= 0.3 is 0 Å². The summed E-state index contributed by atoms with van der Waals surface area (Å²) in [5.74, 6) is 2.93. The lowest BCUT2D eigenvalue weighted by atomic mass is 9.94. The Morgan fingerprint density at radius 1 is 1.21 bits per heavy atom. The van der Waals surface area contributed by atoms with Crippen LogP contribution in [0.25, 0.3) is 11.4 Å². The van der Waals surface area contributed by atoms with Gasteiger partial charge in [0.15, 0.2) is 5.96 Å². The fourth-order valence-electron chi connectivity index (χ4n) is 2.45. The number of benzene rings is 1. The molecule has 3 aromatic rings. The molecule has 0 amide bonds. The molecule has 0 unspecified atom stereocenters. The SMILES string of the molecule is CCNC(=NCc1nc(-c2cccc(Cl)c2)no1)NCc1ncc(C(C)(C)C)o1. The van der Waals surface area contributed by atoms with Crippen LogP contribution >= 0.6 is 11.6 Å². The largest absolute Gasteiger partial charge is 0.443 e. The highest BCUT2D eigenvalue weighted by Gasteiger charge is 2.19. The summed E-state index contributed by atoms with van der Waals surface area (Å²) < 4.78 is 11.1. The maximum absolute atomic E-state index is 6.01. The second kappa shape index (κ2) is 9.09. The van der Waals surface area contributed by atoms with Crippen molar-refractivity contribution in [3.05, 3.63) is 53.0 Å². The average molecular weight is 417 g/mol. The number of rotatable bonds is 6. The van der Waals surface area contributed by atoms with E-state index in [0.717, 1.165) is 11.3 Å². The van der Waals surface area contributed by atoms with E-state index in [1.54, 1.807) is 18.3 Å². The molecule has 0 aliphatic heterocycles. The van der Waals surface area contributed by atoms with Crippen molar-refractivity contribution in [2.45, 2.75) is 46.2 Å². The summed E-state index contributed by atoms with van der Waals surface area (Å²) in [7, 11) is 0. The Morgan fingerprint density at radius 2 is 2.03 bits per heavy atom. The minimum atomic E-state index is -0.0809. The number of aromatic nitrogens is 3. The average Bonchev–Trinajstić information content (AvgIpc) is 3.33. The van der Waals surface area contributed by atoms with Gasteiger partial charge in [-0.1, -0.05) is 49.7 Å². The Kier molecular flexibility index (Phi) is 6.53. The van der Waals surface area contributed by atoms with E-state index in [0.29, 0.717) is 41.7 Å². The first-order valence-corrected chi connectivity index (χ1v) is 9.79. The van der Waals surface area contributed by atoms with E-state index in [1.807, 2.05) is 19.1 Å². The Balaban J connectivity index is 1.63. The number of hydrogen-bond donors (Lipinski definition) is 2. The van der Waals surface area contributed by atoms with Crippen LogP contribution in [0.15, 0.2) is 44.4 Å². The molecule has 2 heterocycles. The van der Waals surface area contributed by atoms with E-state index in [2.05, 4.69) is 51.5 Å². The monoisotopic (exact) mass is 416 g/mol. The molecule has 0 aliphatic rings. The van der Waals surface area contributed by atoms with E-state index < -0.39 is 0 Å². The molecule has 0 radical (unpaired) electrons. The predicted octanol–water partition coefficient (Wildman–Crippen LogP) is 3.93. The molecule has 8 nitrogen and oxygen atoms in total. The van der Waals surface area contributed by atoms with Crippen LogP contribution in [0.1, 0.15) is 45.2 Å². The van der Waals surface area contributed by atoms with Crippen molar-refractivity contribution in [2.75, 3.05) is 6.54 Å². The van der Waals surface area contributed by atoms with Gasteiger partial charge in [-0.05, 0) is 19.1 Å². The van der Waals surface area contributed by atoms with Crippen molar-refractivity contribution < 1.29 is 8.94 Å². The number of hydrogen-bond acceptors (Lipinski definition) is 6.